The molecule has 0 spiro atoms. The van der Waals surface area contributed by atoms with Crippen molar-refractivity contribution in [1.29, 1.82) is 0 Å². The molecule has 9 heteroatoms. The molecule has 36 heavy (non-hydrogen) atoms. The molecule has 1 amide bonds. The molecule has 1 N–H and O–H groups in total. The van der Waals surface area contributed by atoms with Crippen LogP contribution in [0.15, 0.2) is 102 Å². The number of nitrogens with one attached hydrogen (secondary N) is 1. The second-order valence-corrected chi connectivity index (χ2v) is 10.5. The smallest absolute Gasteiger partial charge is 0.264 e. The molecule has 0 fully saturated rings. The summed E-state index contributed by atoms with van der Waals surface area (Å²) in [7, 11) is -4.08. The van der Waals surface area contributed by atoms with Gasteiger partial charge in [0.15, 0.2) is 0 Å². The van der Waals surface area contributed by atoms with Crippen molar-refractivity contribution in [3.05, 3.63) is 113 Å². The van der Waals surface area contributed by atoms with Crippen LogP contribution < -0.4 is 14.4 Å². The quantitative estimate of drug-likeness (QED) is 0.263. The Hall–Kier alpha value is -3.52. The topological polar surface area (TPSA) is 75.7 Å². The number of carbonyl (C=O) groups is 1. The van der Waals surface area contributed by atoms with Gasteiger partial charge in [0.2, 0.25) is 5.91 Å². The normalized spacial score (nSPS) is 11.1. The Balaban J connectivity index is 1.64. The standard InChI is InChI=1S/C27H22Cl2N2O4S/c1-19-10-16-23(17-11-19)36(33,34)31(18-26(32)30-25-9-5-8-24(28)27(25)29)20-12-14-22(15-13-20)35-21-6-3-2-4-7-21/h2-17H,18H2,1H3,(H,30,32). The maximum Gasteiger partial charge on any atom is 0.264 e. The number of ether oxygens (including phenoxy) is 1. The number of para-hydroxylation sites is 1. The summed E-state index contributed by atoms with van der Waals surface area (Å²) in [4.78, 5) is 13.0. The molecule has 0 bridgehead atoms. The van der Waals surface area contributed by atoms with Crippen molar-refractivity contribution in [3.8, 4) is 11.5 Å². The SMILES string of the molecule is Cc1ccc(S(=O)(=O)N(CC(=O)Nc2cccc(Cl)c2Cl)c2ccc(Oc3ccccc3)cc2)cc1. The minimum Gasteiger partial charge on any atom is -0.457 e. The average molecular weight is 541 g/mol. The van der Waals surface area contributed by atoms with Gasteiger partial charge in [0.05, 0.1) is 26.3 Å². The van der Waals surface area contributed by atoms with Crippen LogP contribution in [0.2, 0.25) is 10.0 Å². The van der Waals surface area contributed by atoms with E-state index in [0.29, 0.717) is 17.2 Å². The molecular weight excluding hydrogens is 519 g/mol. The van der Waals surface area contributed by atoms with Crippen molar-refractivity contribution in [2.24, 2.45) is 0 Å². The molecule has 0 aromatic heterocycles. The van der Waals surface area contributed by atoms with Crippen LogP contribution in [0.4, 0.5) is 11.4 Å². The molecule has 4 aromatic carbocycles. The number of rotatable bonds is 8. The summed E-state index contributed by atoms with van der Waals surface area (Å²) in [6, 6.07) is 26.9. The summed E-state index contributed by atoms with van der Waals surface area (Å²) in [5.41, 5.74) is 1.49. The Morgan fingerprint density at radius 3 is 2.14 bits per heavy atom. The number of amides is 1. The summed E-state index contributed by atoms with van der Waals surface area (Å²) >= 11 is 12.2. The number of aryl methyl sites for hydroxylation is 1. The average Bonchev–Trinajstić information content (AvgIpc) is 2.87. The minimum absolute atomic E-state index is 0.0614. The summed E-state index contributed by atoms with van der Waals surface area (Å²) < 4.78 is 34.0. The van der Waals surface area contributed by atoms with Crippen molar-refractivity contribution in [1.82, 2.24) is 0 Å². The monoisotopic (exact) mass is 540 g/mol. The fourth-order valence-electron chi connectivity index (χ4n) is 3.38. The van der Waals surface area contributed by atoms with Crippen molar-refractivity contribution < 1.29 is 17.9 Å². The van der Waals surface area contributed by atoms with E-state index in [1.807, 2.05) is 37.3 Å². The molecule has 0 atom stereocenters. The highest BCUT2D eigenvalue weighted by atomic mass is 35.5. The Bertz CT molecular complexity index is 1460. The molecule has 0 saturated heterocycles. The zero-order chi connectivity index (χ0) is 25.7. The second kappa shape index (κ2) is 11.0. The maximum absolute atomic E-state index is 13.6. The van der Waals surface area contributed by atoms with Crippen molar-refractivity contribution in [2.75, 3.05) is 16.2 Å². The van der Waals surface area contributed by atoms with Crippen LogP contribution in [0.3, 0.4) is 0 Å². The Kier molecular flexibility index (Phi) is 7.84. The molecule has 4 aromatic rings. The number of sulfonamides is 1. The van der Waals surface area contributed by atoms with Gasteiger partial charge in [-0.25, -0.2) is 8.42 Å². The van der Waals surface area contributed by atoms with Gasteiger partial charge >= 0.3 is 0 Å². The fraction of sp³-hybridized carbons (Fsp3) is 0.0741. The molecule has 0 radical (unpaired) electrons. The zero-order valence-electron chi connectivity index (χ0n) is 19.2. The number of hydrogen-bond donors (Lipinski definition) is 1. The number of anilines is 2. The number of hydrogen-bond acceptors (Lipinski definition) is 4. The van der Waals surface area contributed by atoms with Gasteiger partial charge in [-0.05, 0) is 67.6 Å². The first kappa shape index (κ1) is 25.6. The van der Waals surface area contributed by atoms with Gasteiger partial charge in [0.1, 0.15) is 18.0 Å². The first-order valence-corrected chi connectivity index (χ1v) is 13.1. The zero-order valence-corrected chi connectivity index (χ0v) is 21.5. The van der Waals surface area contributed by atoms with Gasteiger partial charge < -0.3 is 10.1 Å². The Morgan fingerprint density at radius 1 is 0.833 bits per heavy atom. The summed E-state index contributed by atoms with van der Waals surface area (Å²) in [5, 5.41) is 3.08. The summed E-state index contributed by atoms with van der Waals surface area (Å²) in [6.45, 7) is 1.37. The number of nitrogens with zero attached hydrogens (tertiary/aromatic N) is 1. The van der Waals surface area contributed by atoms with Crippen molar-refractivity contribution in [2.45, 2.75) is 11.8 Å². The van der Waals surface area contributed by atoms with Gasteiger partial charge in [-0.1, -0.05) is 65.2 Å². The molecule has 0 aliphatic rings. The molecule has 0 saturated carbocycles. The fourth-order valence-corrected chi connectivity index (χ4v) is 5.15. The lowest BCUT2D eigenvalue weighted by atomic mass is 10.2. The number of benzene rings is 4. The van der Waals surface area contributed by atoms with E-state index in [0.717, 1.165) is 9.87 Å². The van der Waals surface area contributed by atoms with E-state index in [2.05, 4.69) is 5.32 Å². The number of halogens is 2. The van der Waals surface area contributed by atoms with Crippen LogP contribution in [-0.4, -0.2) is 20.9 Å². The highest BCUT2D eigenvalue weighted by Crippen LogP contribution is 2.31. The second-order valence-electron chi connectivity index (χ2n) is 7.88. The maximum atomic E-state index is 13.6. The van der Waals surface area contributed by atoms with E-state index in [9.17, 15) is 13.2 Å². The van der Waals surface area contributed by atoms with E-state index in [4.69, 9.17) is 27.9 Å². The lowest BCUT2D eigenvalue weighted by Gasteiger charge is -2.24. The Morgan fingerprint density at radius 2 is 1.47 bits per heavy atom. The molecular formula is C27H22Cl2N2O4S. The third kappa shape index (κ3) is 5.99. The molecule has 0 aliphatic carbocycles. The van der Waals surface area contributed by atoms with Gasteiger partial charge in [-0.15, -0.1) is 0 Å². The van der Waals surface area contributed by atoms with Crippen LogP contribution >= 0.6 is 23.2 Å². The van der Waals surface area contributed by atoms with E-state index in [1.54, 1.807) is 54.6 Å². The highest BCUT2D eigenvalue weighted by Gasteiger charge is 2.27. The third-order valence-corrected chi connectivity index (χ3v) is 7.83. The lowest BCUT2D eigenvalue weighted by molar-refractivity contribution is -0.114. The molecule has 0 heterocycles. The predicted octanol–water partition coefficient (Wildman–Crippen LogP) is 6.93. The molecule has 6 nitrogen and oxygen atoms in total. The van der Waals surface area contributed by atoms with E-state index < -0.39 is 22.5 Å². The first-order chi connectivity index (χ1) is 17.2. The van der Waals surface area contributed by atoms with E-state index in [1.165, 1.54) is 12.1 Å². The van der Waals surface area contributed by atoms with Crippen molar-refractivity contribution in [3.63, 3.8) is 0 Å². The van der Waals surface area contributed by atoms with Crippen LogP contribution in [0.25, 0.3) is 0 Å². The minimum atomic E-state index is -4.08. The van der Waals surface area contributed by atoms with Crippen LogP contribution in [0, 0.1) is 6.92 Å². The van der Waals surface area contributed by atoms with E-state index in [-0.39, 0.29) is 20.6 Å². The Labute approximate surface area is 220 Å². The van der Waals surface area contributed by atoms with Gasteiger partial charge in [0, 0.05) is 0 Å². The lowest BCUT2D eigenvalue weighted by Crippen LogP contribution is -2.38. The van der Waals surface area contributed by atoms with Crippen LogP contribution in [0.1, 0.15) is 5.56 Å². The highest BCUT2D eigenvalue weighted by molar-refractivity contribution is 7.92. The van der Waals surface area contributed by atoms with Gasteiger partial charge in [-0.3, -0.25) is 9.10 Å². The van der Waals surface area contributed by atoms with Gasteiger partial charge in [0.25, 0.3) is 10.0 Å². The van der Waals surface area contributed by atoms with Crippen molar-refractivity contribution >= 4 is 50.5 Å². The first-order valence-electron chi connectivity index (χ1n) is 10.9. The number of carbonyl (C=O) groups excluding carboxylic acids is 1. The third-order valence-electron chi connectivity index (χ3n) is 5.23. The van der Waals surface area contributed by atoms with Gasteiger partial charge in [-0.2, -0.15) is 0 Å². The largest absolute Gasteiger partial charge is 0.457 e. The predicted molar refractivity (Wildman–Crippen MR) is 144 cm³/mol. The molecule has 4 rings (SSSR count). The summed E-state index contributed by atoms with van der Waals surface area (Å²) in [5.74, 6) is 0.583. The summed E-state index contributed by atoms with van der Waals surface area (Å²) in [6.07, 6.45) is 0. The van der Waals surface area contributed by atoms with Crippen LogP contribution in [-0.2, 0) is 14.8 Å². The van der Waals surface area contributed by atoms with E-state index >= 15 is 0 Å². The molecule has 0 unspecified atom stereocenters. The molecule has 184 valence electrons. The van der Waals surface area contributed by atoms with Crippen LogP contribution in [0.5, 0.6) is 11.5 Å². The molecule has 0 aliphatic heterocycles.